The maximum Gasteiger partial charge on any atom is 0.255 e. The van der Waals surface area contributed by atoms with E-state index in [9.17, 15) is 14.7 Å². The van der Waals surface area contributed by atoms with Crippen molar-refractivity contribution in [2.24, 2.45) is 23.2 Å². The van der Waals surface area contributed by atoms with Gasteiger partial charge in [0, 0.05) is 19.1 Å². The Balaban J connectivity index is 1.19. The van der Waals surface area contributed by atoms with Crippen molar-refractivity contribution >= 4 is 11.8 Å². The summed E-state index contributed by atoms with van der Waals surface area (Å²) in [5, 5.41) is 12.9. The number of aromatic hydroxyl groups is 1. The Kier molecular flexibility index (Phi) is 4.37. The Bertz CT molecular complexity index is 747. The second-order valence-corrected chi connectivity index (χ2v) is 9.75. The normalized spacial score (nSPS) is 34.4. The number of phenols is 1. The van der Waals surface area contributed by atoms with Gasteiger partial charge < -0.3 is 15.3 Å². The maximum atomic E-state index is 13.5. The molecule has 0 atom stereocenters. The molecule has 1 aliphatic heterocycles. The van der Waals surface area contributed by atoms with Crippen LogP contribution >= 0.6 is 0 Å². The molecular weight excluding hydrogens is 352 g/mol. The third kappa shape index (κ3) is 3.09. The fourth-order valence-electron chi connectivity index (χ4n) is 6.86. The molecule has 150 valence electrons. The van der Waals surface area contributed by atoms with Gasteiger partial charge in [-0.2, -0.15) is 0 Å². The predicted molar refractivity (Wildman–Crippen MR) is 106 cm³/mol. The molecule has 0 unspecified atom stereocenters. The summed E-state index contributed by atoms with van der Waals surface area (Å²) >= 11 is 0. The van der Waals surface area contributed by atoms with Crippen LogP contribution < -0.4 is 5.32 Å². The molecule has 5 nitrogen and oxygen atoms in total. The van der Waals surface area contributed by atoms with Gasteiger partial charge in [-0.05, 0) is 81.3 Å². The van der Waals surface area contributed by atoms with Crippen molar-refractivity contribution in [3.05, 3.63) is 29.8 Å². The van der Waals surface area contributed by atoms with E-state index in [0.717, 1.165) is 62.9 Å². The molecule has 1 saturated heterocycles. The van der Waals surface area contributed by atoms with Gasteiger partial charge in [-0.25, -0.2) is 0 Å². The standard InChI is InChI=1S/C23H30N2O3/c26-20-4-2-1-3-19(20)21(27)24-18-5-7-25(8-6-18)22(28)23-12-15-9-16(13-23)11-17(10-15)14-23/h1-4,15-18,26H,5-14H2,(H,24,27). The lowest BCUT2D eigenvalue weighted by molar-refractivity contribution is -0.158. The Morgan fingerprint density at radius 3 is 2.11 bits per heavy atom. The van der Waals surface area contributed by atoms with Gasteiger partial charge >= 0.3 is 0 Å². The highest BCUT2D eigenvalue weighted by Gasteiger charge is 2.55. The number of phenolic OH excluding ortho intramolecular Hbond substituents is 1. The summed E-state index contributed by atoms with van der Waals surface area (Å²) in [6.45, 7) is 1.46. The Labute approximate surface area is 166 Å². The van der Waals surface area contributed by atoms with E-state index in [4.69, 9.17) is 0 Å². The van der Waals surface area contributed by atoms with Crippen LogP contribution in [0.4, 0.5) is 0 Å². The molecule has 28 heavy (non-hydrogen) atoms. The first-order chi connectivity index (χ1) is 13.5. The zero-order valence-corrected chi connectivity index (χ0v) is 16.4. The lowest BCUT2D eigenvalue weighted by Gasteiger charge is -2.57. The lowest BCUT2D eigenvalue weighted by Crippen LogP contribution is -2.56. The van der Waals surface area contributed by atoms with E-state index in [1.54, 1.807) is 18.2 Å². The van der Waals surface area contributed by atoms with Crippen LogP contribution in [0.3, 0.4) is 0 Å². The van der Waals surface area contributed by atoms with Gasteiger partial charge in [0.25, 0.3) is 5.91 Å². The van der Waals surface area contributed by atoms with Crippen LogP contribution in [0.2, 0.25) is 0 Å². The maximum absolute atomic E-state index is 13.5. The zero-order chi connectivity index (χ0) is 19.3. The largest absolute Gasteiger partial charge is 0.507 e. The van der Waals surface area contributed by atoms with Gasteiger partial charge in [0.05, 0.1) is 11.0 Å². The topological polar surface area (TPSA) is 69.6 Å². The highest BCUT2D eigenvalue weighted by atomic mass is 16.3. The quantitative estimate of drug-likeness (QED) is 0.842. The fraction of sp³-hybridized carbons (Fsp3) is 0.652. The molecule has 1 aromatic rings. The number of hydrogen-bond donors (Lipinski definition) is 2. The molecule has 0 radical (unpaired) electrons. The molecular formula is C23H30N2O3. The number of benzene rings is 1. The zero-order valence-electron chi connectivity index (χ0n) is 16.4. The number of carbonyl (C=O) groups excluding carboxylic acids is 2. The number of nitrogens with zero attached hydrogens (tertiary/aromatic N) is 1. The number of carbonyl (C=O) groups is 2. The first-order valence-corrected chi connectivity index (χ1v) is 10.9. The Hall–Kier alpha value is -2.04. The summed E-state index contributed by atoms with van der Waals surface area (Å²) in [6.07, 6.45) is 8.98. The van der Waals surface area contributed by atoms with Crippen molar-refractivity contribution in [3.63, 3.8) is 0 Å². The molecule has 1 heterocycles. The van der Waals surface area contributed by atoms with Crippen LogP contribution in [-0.2, 0) is 4.79 Å². The van der Waals surface area contributed by atoms with Crippen LogP contribution in [-0.4, -0.2) is 41.0 Å². The number of hydrogen-bond acceptors (Lipinski definition) is 3. The van der Waals surface area contributed by atoms with E-state index < -0.39 is 0 Å². The van der Waals surface area contributed by atoms with Gasteiger partial charge in [0.1, 0.15) is 5.75 Å². The monoisotopic (exact) mass is 382 g/mol. The van der Waals surface area contributed by atoms with E-state index in [1.807, 2.05) is 0 Å². The molecule has 1 aromatic carbocycles. The number of nitrogens with one attached hydrogen (secondary N) is 1. The lowest BCUT2D eigenvalue weighted by atomic mass is 9.49. The molecule has 0 aromatic heterocycles. The van der Waals surface area contributed by atoms with Crippen LogP contribution in [0.5, 0.6) is 5.75 Å². The average Bonchev–Trinajstić information content (AvgIpc) is 2.67. The van der Waals surface area contributed by atoms with E-state index in [-0.39, 0.29) is 23.1 Å². The van der Waals surface area contributed by atoms with Gasteiger partial charge in [0.15, 0.2) is 0 Å². The first kappa shape index (κ1) is 18.0. The Morgan fingerprint density at radius 2 is 1.54 bits per heavy atom. The predicted octanol–water partition coefficient (Wildman–Crippen LogP) is 3.33. The van der Waals surface area contributed by atoms with E-state index in [2.05, 4.69) is 10.2 Å². The highest BCUT2D eigenvalue weighted by Crippen LogP contribution is 2.60. The molecule has 2 N–H and O–H groups in total. The van der Waals surface area contributed by atoms with Gasteiger partial charge in [-0.15, -0.1) is 0 Å². The first-order valence-electron chi connectivity index (χ1n) is 10.9. The van der Waals surface area contributed by atoms with Crippen LogP contribution in [0.15, 0.2) is 24.3 Å². The summed E-state index contributed by atoms with van der Waals surface area (Å²) in [7, 11) is 0. The smallest absolute Gasteiger partial charge is 0.255 e. The fourth-order valence-corrected chi connectivity index (χ4v) is 6.86. The number of piperidine rings is 1. The van der Waals surface area contributed by atoms with Crippen molar-refractivity contribution in [2.75, 3.05) is 13.1 Å². The number of para-hydroxylation sites is 1. The second kappa shape index (κ2) is 6.78. The van der Waals surface area contributed by atoms with Crippen molar-refractivity contribution in [3.8, 4) is 5.75 Å². The minimum atomic E-state index is -0.232. The van der Waals surface area contributed by atoms with E-state index in [1.165, 1.54) is 25.3 Å². The molecule has 0 spiro atoms. The summed E-state index contributed by atoms with van der Waals surface area (Å²) in [6, 6.07) is 6.69. The SMILES string of the molecule is O=C(NC1CCN(C(=O)C23CC4CC(CC(C4)C2)C3)CC1)c1ccccc1O. The van der Waals surface area contributed by atoms with Crippen molar-refractivity contribution < 1.29 is 14.7 Å². The van der Waals surface area contributed by atoms with Crippen molar-refractivity contribution in [1.29, 1.82) is 0 Å². The minimum Gasteiger partial charge on any atom is -0.507 e. The molecule has 4 bridgehead atoms. The molecule has 5 aliphatic rings. The van der Waals surface area contributed by atoms with Crippen LogP contribution in [0.25, 0.3) is 0 Å². The number of likely N-dealkylation sites (tertiary alicyclic amines) is 1. The van der Waals surface area contributed by atoms with Gasteiger partial charge in [0.2, 0.25) is 5.91 Å². The summed E-state index contributed by atoms with van der Waals surface area (Å²) in [4.78, 5) is 28.0. The summed E-state index contributed by atoms with van der Waals surface area (Å²) in [5.41, 5.74) is 0.246. The van der Waals surface area contributed by atoms with Crippen LogP contribution in [0, 0.1) is 23.2 Å². The molecule has 4 aliphatic carbocycles. The van der Waals surface area contributed by atoms with Gasteiger partial charge in [-0.3, -0.25) is 9.59 Å². The minimum absolute atomic E-state index is 0.00873. The van der Waals surface area contributed by atoms with Crippen molar-refractivity contribution in [1.82, 2.24) is 10.2 Å². The molecule has 2 amide bonds. The average molecular weight is 383 g/mol. The summed E-state index contributed by atoms with van der Waals surface area (Å²) in [5.74, 6) is 2.53. The summed E-state index contributed by atoms with van der Waals surface area (Å²) < 4.78 is 0. The molecule has 6 rings (SSSR count). The van der Waals surface area contributed by atoms with Crippen molar-refractivity contribution in [2.45, 2.75) is 57.4 Å². The number of amides is 2. The Morgan fingerprint density at radius 1 is 0.964 bits per heavy atom. The molecule has 5 fully saturated rings. The third-order valence-electron chi connectivity index (χ3n) is 7.76. The van der Waals surface area contributed by atoms with E-state index in [0.29, 0.717) is 11.5 Å². The molecule has 5 heteroatoms. The second-order valence-electron chi connectivity index (χ2n) is 9.75. The number of rotatable bonds is 3. The van der Waals surface area contributed by atoms with Crippen LogP contribution in [0.1, 0.15) is 61.7 Å². The molecule has 4 saturated carbocycles. The van der Waals surface area contributed by atoms with Gasteiger partial charge in [-0.1, -0.05) is 12.1 Å². The third-order valence-corrected chi connectivity index (χ3v) is 7.76. The highest BCUT2D eigenvalue weighted by molar-refractivity contribution is 5.97. The van der Waals surface area contributed by atoms with E-state index >= 15 is 0 Å².